The second kappa shape index (κ2) is 9.83. The zero-order valence-corrected chi connectivity index (χ0v) is 19.0. The predicted octanol–water partition coefficient (Wildman–Crippen LogP) is 4.63. The van der Waals surface area contributed by atoms with Crippen LogP contribution in [0.25, 0.3) is 10.9 Å². The summed E-state index contributed by atoms with van der Waals surface area (Å²) in [5.74, 6) is -0.409. The highest BCUT2D eigenvalue weighted by Crippen LogP contribution is 2.20. The molecule has 5 nitrogen and oxygen atoms in total. The van der Waals surface area contributed by atoms with Crippen LogP contribution in [0.3, 0.4) is 0 Å². The Hall–Kier alpha value is -3.38. The molecule has 0 bridgehead atoms. The van der Waals surface area contributed by atoms with Gasteiger partial charge in [0, 0.05) is 29.6 Å². The number of thiophene rings is 1. The van der Waals surface area contributed by atoms with Crippen LogP contribution in [-0.4, -0.2) is 28.9 Å². The van der Waals surface area contributed by atoms with Crippen molar-refractivity contribution in [2.75, 3.05) is 0 Å². The van der Waals surface area contributed by atoms with Gasteiger partial charge in [-0.05, 0) is 54.5 Å². The molecule has 4 rings (SSSR count). The van der Waals surface area contributed by atoms with Crippen molar-refractivity contribution < 1.29 is 9.59 Å². The van der Waals surface area contributed by atoms with Crippen LogP contribution in [0.2, 0.25) is 0 Å². The van der Waals surface area contributed by atoms with Gasteiger partial charge in [0.1, 0.15) is 6.04 Å². The number of amides is 2. The number of aryl methyl sites for hydroxylation is 1. The molecule has 6 heteroatoms. The van der Waals surface area contributed by atoms with Crippen molar-refractivity contribution in [2.45, 2.75) is 38.8 Å². The Bertz CT molecular complexity index is 1210. The maximum atomic E-state index is 13.3. The maximum Gasteiger partial charge on any atom is 0.262 e. The molecule has 0 spiro atoms. The van der Waals surface area contributed by atoms with Crippen LogP contribution in [0.5, 0.6) is 0 Å². The van der Waals surface area contributed by atoms with E-state index in [1.165, 1.54) is 22.5 Å². The summed E-state index contributed by atoms with van der Waals surface area (Å²) in [6.45, 7) is 4.07. The van der Waals surface area contributed by atoms with Crippen LogP contribution in [-0.2, 0) is 17.6 Å². The van der Waals surface area contributed by atoms with Gasteiger partial charge in [0.05, 0.1) is 4.88 Å². The standard InChI is InChI=1S/C26H27N3O2S/c1-17-8-3-4-9-19(17)14-18(2)28-25(30)23(29-26(31)24-12-7-13-32-24)15-20-16-27-22-11-6-5-10-21(20)22/h3-13,16,18,23,27H,14-15H2,1-2H3,(H,28,30)(H,29,31)/t18-,23-/m1/s1. The van der Waals surface area contributed by atoms with Crippen molar-refractivity contribution in [1.82, 2.24) is 15.6 Å². The van der Waals surface area contributed by atoms with E-state index in [1.807, 2.05) is 61.0 Å². The van der Waals surface area contributed by atoms with Gasteiger partial charge >= 0.3 is 0 Å². The van der Waals surface area contributed by atoms with Crippen LogP contribution >= 0.6 is 11.3 Å². The molecular weight excluding hydrogens is 418 g/mol. The van der Waals surface area contributed by atoms with Crippen molar-refractivity contribution in [3.05, 3.63) is 93.8 Å². The summed E-state index contributed by atoms with van der Waals surface area (Å²) in [7, 11) is 0. The second-order valence-corrected chi connectivity index (χ2v) is 9.05. The van der Waals surface area contributed by atoms with Gasteiger partial charge in [0.15, 0.2) is 0 Å². The Labute approximate surface area is 191 Å². The fraction of sp³-hybridized carbons (Fsp3) is 0.231. The average molecular weight is 446 g/mol. The number of aromatic amines is 1. The Kier molecular flexibility index (Phi) is 6.71. The normalized spacial score (nSPS) is 12.9. The van der Waals surface area contributed by atoms with E-state index in [0.29, 0.717) is 11.3 Å². The van der Waals surface area contributed by atoms with Gasteiger partial charge in [-0.3, -0.25) is 9.59 Å². The molecule has 2 aromatic carbocycles. The minimum absolute atomic E-state index is 0.0623. The summed E-state index contributed by atoms with van der Waals surface area (Å²) in [5.41, 5.74) is 4.42. The number of aromatic nitrogens is 1. The SMILES string of the molecule is Cc1ccccc1C[C@@H](C)NC(=O)[C@@H](Cc1c[nH]c2ccccc12)NC(=O)c1cccs1. The lowest BCUT2D eigenvalue weighted by Gasteiger charge is -2.22. The second-order valence-electron chi connectivity index (χ2n) is 8.11. The van der Waals surface area contributed by atoms with Gasteiger partial charge in [-0.25, -0.2) is 0 Å². The van der Waals surface area contributed by atoms with E-state index in [1.54, 1.807) is 6.07 Å². The first-order valence-corrected chi connectivity index (χ1v) is 11.6. The zero-order valence-electron chi connectivity index (χ0n) is 18.2. The summed E-state index contributed by atoms with van der Waals surface area (Å²) in [4.78, 5) is 29.9. The van der Waals surface area contributed by atoms with Gasteiger partial charge < -0.3 is 15.6 Å². The molecule has 0 radical (unpaired) electrons. The molecule has 2 aromatic heterocycles. The van der Waals surface area contributed by atoms with Crippen LogP contribution in [0.1, 0.15) is 33.3 Å². The van der Waals surface area contributed by atoms with Crippen molar-refractivity contribution in [1.29, 1.82) is 0 Å². The van der Waals surface area contributed by atoms with Gasteiger partial charge in [-0.15, -0.1) is 11.3 Å². The number of fused-ring (bicyclic) bond motifs is 1. The lowest BCUT2D eigenvalue weighted by molar-refractivity contribution is -0.123. The molecular formula is C26H27N3O2S. The minimum Gasteiger partial charge on any atom is -0.361 e. The van der Waals surface area contributed by atoms with E-state index in [0.717, 1.165) is 22.9 Å². The Balaban J connectivity index is 1.51. The molecule has 4 aromatic rings. The highest BCUT2D eigenvalue weighted by Gasteiger charge is 2.25. The van der Waals surface area contributed by atoms with E-state index < -0.39 is 6.04 Å². The summed E-state index contributed by atoms with van der Waals surface area (Å²) in [5, 5.41) is 8.97. The van der Waals surface area contributed by atoms with Crippen molar-refractivity contribution >= 4 is 34.1 Å². The van der Waals surface area contributed by atoms with Gasteiger partial charge in [-0.1, -0.05) is 48.5 Å². The quantitative estimate of drug-likeness (QED) is 0.370. The first kappa shape index (κ1) is 21.8. The number of H-pyrrole nitrogens is 1. The van der Waals surface area contributed by atoms with Crippen LogP contribution < -0.4 is 10.6 Å². The largest absolute Gasteiger partial charge is 0.361 e. The van der Waals surface area contributed by atoms with E-state index in [-0.39, 0.29) is 17.9 Å². The molecule has 0 unspecified atom stereocenters. The lowest BCUT2D eigenvalue weighted by Crippen LogP contribution is -2.50. The van der Waals surface area contributed by atoms with Gasteiger partial charge in [0.25, 0.3) is 5.91 Å². The first-order chi connectivity index (χ1) is 15.5. The smallest absolute Gasteiger partial charge is 0.262 e. The maximum absolute atomic E-state index is 13.3. The third-order valence-corrected chi connectivity index (χ3v) is 6.51. The summed E-state index contributed by atoms with van der Waals surface area (Å²) in [6.07, 6.45) is 3.06. The number of hydrogen-bond acceptors (Lipinski definition) is 3. The monoisotopic (exact) mass is 445 g/mol. The molecule has 0 fully saturated rings. The molecule has 3 N–H and O–H groups in total. The van der Waals surface area contributed by atoms with Crippen LogP contribution in [0.4, 0.5) is 0 Å². The molecule has 0 saturated heterocycles. The molecule has 0 aliphatic carbocycles. The molecule has 32 heavy (non-hydrogen) atoms. The molecule has 2 amide bonds. The van der Waals surface area contributed by atoms with Crippen molar-refractivity contribution in [2.24, 2.45) is 0 Å². The lowest BCUT2D eigenvalue weighted by atomic mass is 10.0. The van der Waals surface area contributed by atoms with Gasteiger partial charge in [-0.2, -0.15) is 0 Å². The highest BCUT2D eigenvalue weighted by molar-refractivity contribution is 7.12. The minimum atomic E-state index is -0.678. The summed E-state index contributed by atoms with van der Waals surface area (Å²) >= 11 is 1.36. The summed E-state index contributed by atoms with van der Waals surface area (Å²) in [6, 6.07) is 19.0. The molecule has 2 heterocycles. The third kappa shape index (κ3) is 5.08. The Morgan fingerprint density at radius 2 is 1.72 bits per heavy atom. The van der Waals surface area contributed by atoms with E-state index in [9.17, 15) is 9.59 Å². The zero-order chi connectivity index (χ0) is 22.5. The first-order valence-electron chi connectivity index (χ1n) is 10.8. The van der Waals surface area contributed by atoms with Crippen molar-refractivity contribution in [3.8, 4) is 0 Å². The number of nitrogens with one attached hydrogen (secondary N) is 3. The van der Waals surface area contributed by atoms with E-state index >= 15 is 0 Å². The van der Waals surface area contributed by atoms with E-state index in [2.05, 4.69) is 34.7 Å². The number of carbonyl (C=O) groups excluding carboxylic acids is 2. The average Bonchev–Trinajstić information content (AvgIpc) is 3.45. The number of rotatable bonds is 8. The molecule has 164 valence electrons. The Morgan fingerprint density at radius 3 is 2.50 bits per heavy atom. The number of benzene rings is 2. The molecule has 0 aliphatic rings. The third-order valence-electron chi connectivity index (χ3n) is 5.64. The fourth-order valence-corrected chi connectivity index (χ4v) is 4.56. The molecule has 2 atom stereocenters. The number of para-hydroxylation sites is 1. The Morgan fingerprint density at radius 1 is 0.938 bits per heavy atom. The highest BCUT2D eigenvalue weighted by atomic mass is 32.1. The topological polar surface area (TPSA) is 74.0 Å². The van der Waals surface area contributed by atoms with Crippen LogP contribution in [0.15, 0.2) is 72.2 Å². The van der Waals surface area contributed by atoms with Crippen LogP contribution in [0, 0.1) is 6.92 Å². The number of hydrogen-bond donors (Lipinski definition) is 3. The molecule has 0 saturated carbocycles. The summed E-state index contributed by atoms with van der Waals surface area (Å²) < 4.78 is 0. The number of carbonyl (C=O) groups is 2. The fourth-order valence-electron chi connectivity index (χ4n) is 3.93. The van der Waals surface area contributed by atoms with E-state index in [4.69, 9.17) is 0 Å². The molecule has 0 aliphatic heterocycles. The van der Waals surface area contributed by atoms with Crippen molar-refractivity contribution in [3.63, 3.8) is 0 Å². The predicted molar refractivity (Wildman–Crippen MR) is 130 cm³/mol. The van der Waals surface area contributed by atoms with Gasteiger partial charge in [0.2, 0.25) is 5.91 Å².